The molecule has 0 saturated heterocycles. The minimum absolute atomic E-state index is 0.0547. The molecule has 0 rings (SSSR count). The second-order valence-electron chi connectivity index (χ2n) is 28.5. The maximum Gasteiger partial charge on any atom is 0.472 e. The molecule has 5 unspecified atom stereocenters. The Hall–Kier alpha value is -5.61. The van der Waals surface area contributed by atoms with E-state index >= 15 is 0 Å². The van der Waals surface area contributed by atoms with E-state index in [1.54, 1.807) is 0 Å². The summed E-state index contributed by atoms with van der Waals surface area (Å²) < 4.78 is 61.3. The van der Waals surface area contributed by atoms with Gasteiger partial charge in [-0.15, -0.1) is 0 Å². The van der Waals surface area contributed by atoms with Crippen LogP contribution in [0.2, 0.25) is 0 Å². The van der Waals surface area contributed by atoms with Crippen LogP contribution in [0.4, 0.5) is 0 Å². The van der Waals surface area contributed by atoms with E-state index in [-0.39, 0.29) is 19.3 Å². The molecule has 5 atom stereocenters. The first-order valence-corrected chi connectivity index (χ1v) is 46.7. The average molecular weight is 1620 g/mol. The molecule has 0 aliphatic carbocycles. The van der Waals surface area contributed by atoms with Crippen molar-refractivity contribution in [2.75, 3.05) is 39.6 Å². The molecular formula is C95H156O16P2. The van der Waals surface area contributed by atoms with Crippen LogP contribution in [-0.2, 0) is 55.8 Å². The Balaban J connectivity index is 4.58. The Labute approximate surface area is 687 Å². The quantitative estimate of drug-likeness (QED) is 0.0146. The van der Waals surface area contributed by atoms with Gasteiger partial charge in [-0.25, -0.2) is 9.13 Å². The Morgan fingerprint density at radius 2 is 0.442 bits per heavy atom. The van der Waals surface area contributed by atoms with Crippen LogP contribution in [0.15, 0.2) is 194 Å². The zero-order valence-electron chi connectivity index (χ0n) is 70.5. The Kier molecular flexibility index (Phi) is 81.5. The molecule has 0 radical (unpaired) electrons. The fraction of sp³-hybridized carbons (Fsp3) is 0.632. The summed E-state index contributed by atoms with van der Waals surface area (Å²) in [7, 11) is -9.83. The third kappa shape index (κ3) is 87.1. The molecule has 0 spiro atoms. The molecule has 0 fully saturated rings. The lowest BCUT2D eigenvalue weighted by atomic mass is 10.0. The number of aliphatic hydroxyl groups is 2. The number of phosphoric ester groups is 2. The lowest BCUT2D eigenvalue weighted by Crippen LogP contribution is -2.30. The summed E-state index contributed by atoms with van der Waals surface area (Å²) in [6.45, 7) is 2.29. The molecular weight excluding hydrogens is 1460 g/mol. The molecule has 18 heteroatoms. The number of ether oxygens (including phenoxy) is 3. The van der Waals surface area contributed by atoms with Crippen molar-refractivity contribution in [3.63, 3.8) is 0 Å². The summed E-state index contributed by atoms with van der Waals surface area (Å²) >= 11 is 0. The molecule has 4 N–H and O–H groups in total. The number of carbonyl (C=O) groups excluding carboxylic acids is 3. The highest BCUT2D eigenvalue weighted by atomic mass is 31.2. The summed E-state index contributed by atoms with van der Waals surface area (Å²) in [6, 6.07) is 0. The van der Waals surface area contributed by atoms with E-state index in [4.69, 9.17) is 32.3 Å². The number of phosphoric acid groups is 2. The average Bonchev–Trinajstić information content (AvgIpc) is 0.913. The standard InChI is InChI=1S/C95H156O16P2/c1-4-7-10-13-16-19-22-25-28-31-34-36-38-40-41-42-43-44-45-46-47-49-51-52-55-57-60-63-66-69-72-75-78-81-93(98)105-84-90(96)85-107-112(101,102)108-86-91(97)87-109-113(103,104)110-89-92(111-95(100)83-80-77-74-71-68-65-62-59-54-33-30-27-24-21-18-15-12-9-6-3)88-106-94(99)82-79-76-73-70-67-64-61-58-56-53-50-48-39-37-35-32-29-26-23-20-17-14-11-8-5-2/h7-12,16-21,25-30,34-37,40-41,48,50,54,56,58-59,65,68,90-92,96-97H,4-6,13-15,22-24,31-33,38-39,42-47,49,51-53,55,57,60-64,66-67,69-89H2,1-3H3,(H,101,102)(H,103,104)/b10-7-,11-8-,12-9-,19-16-,20-17-,21-18-,28-25-,29-26-,30-27-,36-34-,37-35-,41-40-,50-48-,58-56-,59-54-,68-65-. The molecule has 0 aliphatic heterocycles. The first-order chi connectivity index (χ1) is 55.2. The largest absolute Gasteiger partial charge is 0.472 e. The molecule has 0 heterocycles. The van der Waals surface area contributed by atoms with E-state index in [2.05, 4.69) is 215 Å². The summed E-state index contributed by atoms with van der Waals surface area (Å²) in [5.74, 6) is -1.63. The first kappa shape index (κ1) is 107. The number of rotatable bonds is 81. The summed E-state index contributed by atoms with van der Waals surface area (Å²) in [5, 5.41) is 20.7. The lowest BCUT2D eigenvalue weighted by Gasteiger charge is -2.21. The molecule has 0 aromatic carbocycles. The van der Waals surface area contributed by atoms with Crippen LogP contribution in [-0.4, -0.2) is 95.9 Å². The first-order valence-electron chi connectivity index (χ1n) is 43.7. The Morgan fingerprint density at radius 3 is 0.708 bits per heavy atom. The van der Waals surface area contributed by atoms with E-state index in [1.807, 2.05) is 0 Å². The van der Waals surface area contributed by atoms with Crippen molar-refractivity contribution in [2.24, 2.45) is 0 Å². The number of aliphatic hydroxyl groups excluding tert-OH is 2. The predicted octanol–water partition coefficient (Wildman–Crippen LogP) is 26.7. The van der Waals surface area contributed by atoms with E-state index < -0.39 is 91.5 Å². The van der Waals surface area contributed by atoms with Crippen LogP contribution in [0.25, 0.3) is 0 Å². The summed E-state index contributed by atoms with van der Waals surface area (Å²) in [4.78, 5) is 58.9. The van der Waals surface area contributed by atoms with E-state index in [1.165, 1.54) is 89.9 Å². The van der Waals surface area contributed by atoms with Crippen molar-refractivity contribution >= 4 is 33.6 Å². The number of hydrogen-bond acceptors (Lipinski definition) is 14. The minimum Gasteiger partial charge on any atom is -0.463 e. The van der Waals surface area contributed by atoms with Gasteiger partial charge in [-0.05, 0) is 161 Å². The molecule has 0 bridgehead atoms. The van der Waals surface area contributed by atoms with Crippen LogP contribution in [0.1, 0.15) is 329 Å². The van der Waals surface area contributed by atoms with Crippen LogP contribution >= 0.6 is 15.6 Å². The SMILES string of the molecule is CC/C=C\C/C=C\C/C=C\C/C=C\C/C=C\C/C=C\CCCCCCCCC(=O)OCC(COP(=O)(O)OCC(O)COP(=O)(O)OCC(O)COC(=O)CCCCCCCCCCCCCCCCCCC/C=C\C/C=C\C/C=C\C/C=C\C/C=C\CC)OC(=O)CCCCC/C=C\C/C=C\C/C=C\C/C=C\C/C=C\CC. The molecule has 0 aromatic heterocycles. The second kappa shape index (κ2) is 85.8. The summed E-state index contributed by atoms with van der Waals surface area (Å²) in [6.07, 6.45) is 113. The number of hydrogen-bond donors (Lipinski definition) is 4. The smallest absolute Gasteiger partial charge is 0.463 e. The highest BCUT2D eigenvalue weighted by Gasteiger charge is 2.29. The van der Waals surface area contributed by atoms with E-state index in [9.17, 15) is 43.5 Å². The summed E-state index contributed by atoms with van der Waals surface area (Å²) in [5.41, 5.74) is 0. The maximum absolute atomic E-state index is 13.0. The maximum atomic E-state index is 13.0. The zero-order chi connectivity index (χ0) is 82.2. The van der Waals surface area contributed by atoms with Crippen LogP contribution in [0.5, 0.6) is 0 Å². The number of carbonyl (C=O) groups is 3. The molecule has 0 amide bonds. The third-order valence-electron chi connectivity index (χ3n) is 17.8. The zero-order valence-corrected chi connectivity index (χ0v) is 72.3. The molecule has 0 saturated carbocycles. The molecule has 0 aromatic rings. The van der Waals surface area contributed by atoms with Crippen LogP contribution < -0.4 is 0 Å². The van der Waals surface area contributed by atoms with Gasteiger partial charge in [0.2, 0.25) is 0 Å². The fourth-order valence-electron chi connectivity index (χ4n) is 11.3. The lowest BCUT2D eigenvalue weighted by molar-refractivity contribution is -0.161. The molecule has 113 heavy (non-hydrogen) atoms. The van der Waals surface area contributed by atoms with Gasteiger partial charge in [-0.3, -0.25) is 32.5 Å². The van der Waals surface area contributed by atoms with Crippen LogP contribution in [0, 0.1) is 0 Å². The molecule has 0 aliphatic rings. The highest BCUT2D eigenvalue weighted by molar-refractivity contribution is 7.47. The minimum atomic E-state index is -4.96. The molecule has 16 nitrogen and oxygen atoms in total. The molecule has 642 valence electrons. The van der Waals surface area contributed by atoms with E-state index in [0.717, 1.165) is 180 Å². The monoisotopic (exact) mass is 1620 g/mol. The van der Waals surface area contributed by atoms with Crippen LogP contribution in [0.3, 0.4) is 0 Å². The van der Waals surface area contributed by atoms with Gasteiger partial charge >= 0.3 is 33.6 Å². The van der Waals surface area contributed by atoms with Crippen molar-refractivity contribution in [2.45, 2.75) is 347 Å². The van der Waals surface area contributed by atoms with Crippen molar-refractivity contribution in [3.05, 3.63) is 194 Å². The van der Waals surface area contributed by atoms with Crippen molar-refractivity contribution < 1.29 is 75.8 Å². The Bertz CT molecular complexity index is 2830. The van der Waals surface area contributed by atoms with Gasteiger partial charge in [0.1, 0.15) is 25.4 Å². The highest BCUT2D eigenvalue weighted by Crippen LogP contribution is 2.45. The Morgan fingerprint density at radius 1 is 0.248 bits per heavy atom. The van der Waals surface area contributed by atoms with Crippen molar-refractivity contribution in [1.82, 2.24) is 0 Å². The van der Waals surface area contributed by atoms with Gasteiger partial charge in [0.15, 0.2) is 6.10 Å². The topological polar surface area (TPSA) is 231 Å². The number of allylic oxidation sites excluding steroid dienone is 32. The van der Waals surface area contributed by atoms with Crippen molar-refractivity contribution in [1.29, 1.82) is 0 Å². The van der Waals surface area contributed by atoms with Gasteiger partial charge in [0, 0.05) is 19.3 Å². The third-order valence-corrected chi connectivity index (χ3v) is 19.7. The van der Waals surface area contributed by atoms with Gasteiger partial charge in [0.25, 0.3) is 0 Å². The predicted molar refractivity (Wildman–Crippen MR) is 472 cm³/mol. The number of unbranched alkanes of at least 4 members (excludes halogenated alkanes) is 26. The van der Waals surface area contributed by atoms with Crippen molar-refractivity contribution in [3.8, 4) is 0 Å². The van der Waals surface area contributed by atoms with Gasteiger partial charge in [0.05, 0.1) is 26.4 Å². The van der Waals surface area contributed by atoms with E-state index in [0.29, 0.717) is 19.3 Å². The normalized spacial score (nSPS) is 14.8. The second-order valence-corrected chi connectivity index (χ2v) is 31.5. The number of esters is 3. The fourth-order valence-corrected chi connectivity index (χ4v) is 12.9. The van der Waals surface area contributed by atoms with Gasteiger partial charge in [-0.2, -0.15) is 0 Å². The van der Waals surface area contributed by atoms with Gasteiger partial charge in [-0.1, -0.05) is 344 Å². The van der Waals surface area contributed by atoms with Gasteiger partial charge < -0.3 is 34.2 Å².